The average molecular weight is 486 g/mol. The number of hydrogen-bond donors (Lipinski definition) is 3. The van der Waals surface area contributed by atoms with Crippen LogP contribution in [0.25, 0.3) is 21.8 Å². The number of nitrogen functional groups attached to an aromatic ring is 1. The fourth-order valence-electron chi connectivity index (χ4n) is 4.41. The first-order valence-corrected chi connectivity index (χ1v) is 12.1. The second-order valence-electron chi connectivity index (χ2n) is 8.74. The Bertz CT molecular complexity index is 1430. The van der Waals surface area contributed by atoms with Crippen LogP contribution in [-0.4, -0.2) is 34.7 Å². The molecule has 5 nitrogen and oxygen atoms in total. The van der Waals surface area contributed by atoms with Crippen LogP contribution >= 0.6 is 11.6 Å². The summed E-state index contributed by atoms with van der Waals surface area (Å²) in [6.07, 6.45) is -0.694. The first-order valence-electron chi connectivity index (χ1n) is 11.7. The molecule has 0 saturated heterocycles. The number of aromatic amines is 1. The van der Waals surface area contributed by atoms with E-state index in [0.717, 1.165) is 22.3 Å². The molecule has 0 fully saturated rings. The average Bonchev–Trinajstić information content (AvgIpc) is 3.24. The van der Waals surface area contributed by atoms with E-state index in [1.807, 2.05) is 48.5 Å². The van der Waals surface area contributed by atoms with E-state index in [9.17, 15) is 5.11 Å². The Balaban J connectivity index is 1.27. The van der Waals surface area contributed by atoms with E-state index < -0.39 is 6.10 Å². The van der Waals surface area contributed by atoms with Crippen LogP contribution in [0.3, 0.4) is 0 Å². The van der Waals surface area contributed by atoms with Crippen LogP contribution in [0.15, 0.2) is 91.0 Å². The van der Waals surface area contributed by atoms with Crippen molar-refractivity contribution >= 4 is 39.1 Å². The zero-order valence-corrected chi connectivity index (χ0v) is 20.1. The van der Waals surface area contributed by atoms with Gasteiger partial charge in [-0.25, -0.2) is 0 Å². The predicted molar refractivity (Wildman–Crippen MR) is 144 cm³/mol. The zero-order chi connectivity index (χ0) is 24.2. The summed E-state index contributed by atoms with van der Waals surface area (Å²) in [5.74, 6) is 0.815. The van der Waals surface area contributed by atoms with Crippen LogP contribution in [-0.2, 0) is 6.54 Å². The minimum atomic E-state index is -0.694. The number of nitrogens with two attached hydrogens (primary N) is 1. The van der Waals surface area contributed by atoms with Crippen LogP contribution in [0.2, 0.25) is 5.02 Å². The number of aromatic nitrogens is 1. The highest BCUT2D eigenvalue weighted by atomic mass is 35.5. The number of halogens is 1. The summed E-state index contributed by atoms with van der Waals surface area (Å²) >= 11 is 6.05. The third kappa shape index (κ3) is 5.43. The van der Waals surface area contributed by atoms with Crippen LogP contribution in [0.5, 0.6) is 5.75 Å². The van der Waals surface area contributed by atoms with Crippen LogP contribution in [0.1, 0.15) is 17.2 Å². The Kier molecular flexibility index (Phi) is 6.91. The topological polar surface area (TPSA) is 74.5 Å². The van der Waals surface area contributed by atoms with Crippen LogP contribution in [0, 0.1) is 0 Å². The minimum Gasteiger partial charge on any atom is -0.492 e. The number of nitrogens with zero attached hydrogens (tertiary/aromatic N) is 1. The molecule has 4 aromatic carbocycles. The number of nitrogens with one attached hydrogen (secondary N) is 1. The Morgan fingerprint density at radius 2 is 1.66 bits per heavy atom. The molecule has 1 atom stereocenters. The molecule has 0 spiro atoms. The molecule has 35 heavy (non-hydrogen) atoms. The van der Waals surface area contributed by atoms with Crippen LogP contribution in [0.4, 0.5) is 5.69 Å². The molecular weight excluding hydrogens is 458 g/mol. The molecule has 1 heterocycles. The van der Waals surface area contributed by atoms with Gasteiger partial charge in [0.05, 0.1) is 22.3 Å². The summed E-state index contributed by atoms with van der Waals surface area (Å²) in [6.45, 7) is 2.29. The van der Waals surface area contributed by atoms with Gasteiger partial charge in [-0.2, -0.15) is 0 Å². The highest BCUT2D eigenvalue weighted by Crippen LogP contribution is 2.28. The van der Waals surface area contributed by atoms with Crippen molar-refractivity contribution in [2.24, 2.45) is 0 Å². The molecule has 5 rings (SSSR count). The van der Waals surface area contributed by atoms with Gasteiger partial charge < -0.3 is 20.6 Å². The maximum absolute atomic E-state index is 10.9. The van der Waals surface area contributed by atoms with E-state index in [-0.39, 0.29) is 0 Å². The second-order valence-corrected chi connectivity index (χ2v) is 9.15. The van der Waals surface area contributed by atoms with E-state index in [1.54, 1.807) is 12.1 Å². The van der Waals surface area contributed by atoms with Crippen molar-refractivity contribution in [3.05, 3.63) is 107 Å². The molecule has 1 aromatic heterocycles. The highest BCUT2D eigenvalue weighted by Gasteiger charge is 2.16. The first kappa shape index (κ1) is 23.2. The Morgan fingerprint density at radius 1 is 0.886 bits per heavy atom. The molecule has 0 radical (unpaired) electrons. The quantitative estimate of drug-likeness (QED) is 0.218. The number of para-hydroxylation sites is 1. The van der Waals surface area contributed by atoms with Crippen molar-refractivity contribution in [3.8, 4) is 5.75 Å². The first-order chi connectivity index (χ1) is 17.1. The van der Waals surface area contributed by atoms with E-state index in [0.29, 0.717) is 37.0 Å². The number of anilines is 1. The van der Waals surface area contributed by atoms with Gasteiger partial charge in [-0.1, -0.05) is 66.2 Å². The van der Waals surface area contributed by atoms with Gasteiger partial charge >= 0.3 is 0 Å². The van der Waals surface area contributed by atoms with Gasteiger partial charge in [0.1, 0.15) is 12.4 Å². The molecule has 0 aliphatic heterocycles. The second kappa shape index (κ2) is 10.4. The van der Waals surface area contributed by atoms with Crippen LogP contribution < -0.4 is 10.5 Å². The third-order valence-corrected chi connectivity index (χ3v) is 6.58. The van der Waals surface area contributed by atoms with Crippen molar-refractivity contribution < 1.29 is 9.84 Å². The molecule has 0 aliphatic carbocycles. The number of ether oxygens (including phenoxy) is 1. The molecule has 0 amide bonds. The molecule has 4 N–H and O–H groups in total. The Morgan fingerprint density at radius 3 is 2.49 bits per heavy atom. The summed E-state index contributed by atoms with van der Waals surface area (Å²) in [4.78, 5) is 5.65. The van der Waals surface area contributed by atoms with Crippen molar-refractivity contribution in [2.45, 2.75) is 12.6 Å². The lowest BCUT2D eigenvalue weighted by Crippen LogP contribution is -2.32. The predicted octanol–water partition coefficient (Wildman–Crippen LogP) is 6.17. The molecule has 0 unspecified atom stereocenters. The Hall–Kier alpha value is -3.51. The smallest absolute Gasteiger partial charge is 0.121 e. The largest absolute Gasteiger partial charge is 0.492 e. The SMILES string of the molecule is Nc1cc([C@@H](O)CN(CCOc2ccc3c(c2)[nH]c2ccccc23)Cc2ccccc2)ccc1Cl. The molecule has 6 heteroatoms. The van der Waals surface area contributed by atoms with Gasteiger partial charge in [0.15, 0.2) is 0 Å². The highest BCUT2D eigenvalue weighted by molar-refractivity contribution is 6.33. The summed E-state index contributed by atoms with van der Waals surface area (Å²) in [5.41, 5.74) is 10.5. The van der Waals surface area contributed by atoms with E-state index >= 15 is 0 Å². The fraction of sp³-hybridized carbons (Fsp3) is 0.172. The Labute approximate surface area is 209 Å². The minimum absolute atomic E-state index is 0.445. The third-order valence-electron chi connectivity index (χ3n) is 6.24. The summed E-state index contributed by atoms with van der Waals surface area (Å²) in [6, 6.07) is 29.9. The lowest BCUT2D eigenvalue weighted by Gasteiger charge is -2.25. The monoisotopic (exact) mass is 485 g/mol. The van der Waals surface area contributed by atoms with Gasteiger partial charge in [0.25, 0.3) is 0 Å². The van der Waals surface area contributed by atoms with Crippen molar-refractivity contribution in [2.75, 3.05) is 25.4 Å². The fourth-order valence-corrected chi connectivity index (χ4v) is 4.53. The van der Waals surface area contributed by atoms with Crippen molar-refractivity contribution in [3.63, 3.8) is 0 Å². The van der Waals surface area contributed by atoms with Crippen molar-refractivity contribution in [1.82, 2.24) is 9.88 Å². The molecule has 178 valence electrons. The molecular formula is C29H28ClN3O2. The van der Waals surface area contributed by atoms with Gasteiger partial charge in [-0.3, -0.25) is 4.90 Å². The lowest BCUT2D eigenvalue weighted by molar-refractivity contribution is 0.0986. The number of hydrogen-bond acceptors (Lipinski definition) is 4. The molecule has 5 aromatic rings. The number of aliphatic hydroxyl groups excluding tert-OH is 1. The number of aliphatic hydroxyl groups is 1. The van der Waals surface area contributed by atoms with E-state index in [4.69, 9.17) is 22.1 Å². The van der Waals surface area contributed by atoms with Gasteiger partial charge in [0, 0.05) is 42.0 Å². The zero-order valence-electron chi connectivity index (χ0n) is 19.3. The lowest BCUT2D eigenvalue weighted by atomic mass is 10.1. The molecule has 0 bridgehead atoms. The maximum atomic E-state index is 10.9. The van der Waals surface area contributed by atoms with E-state index in [2.05, 4.69) is 40.2 Å². The number of benzene rings is 4. The standard InChI is InChI=1S/C29H28ClN3O2/c30-25-13-10-21(16-26(25)31)29(34)19-33(18-20-6-2-1-3-7-20)14-15-35-22-11-12-24-23-8-4-5-9-27(23)32-28(24)17-22/h1-13,16-17,29,32,34H,14-15,18-19,31H2/t29-/m0/s1. The number of H-pyrrole nitrogens is 1. The number of fused-ring (bicyclic) bond motifs is 3. The van der Waals surface area contributed by atoms with Crippen molar-refractivity contribution in [1.29, 1.82) is 0 Å². The molecule has 0 aliphatic rings. The maximum Gasteiger partial charge on any atom is 0.121 e. The van der Waals surface area contributed by atoms with Gasteiger partial charge in [-0.15, -0.1) is 0 Å². The summed E-state index contributed by atoms with van der Waals surface area (Å²) in [5, 5.41) is 13.8. The van der Waals surface area contributed by atoms with Gasteiger partial charge in [0.2, 0.25) is 0 Å². The number of rotatable bonds is 9. The van der Waals surface area contributed by atoms with Gasteiger partial charge in [-0.05, 0) is 41.5 Å². The summed E-state index contributed by atoms with van der Waals surface area (Å²) in [7, 11) is 0. The summed E-state index contributed by atoms with van der Waals surface area (Å²) < 4.78 is 6.12. The normalized spacial score (nSPS) is 12.4. The van der Waals surface area contributed by atoms with E-state index in [1.165, 1.54) is 16.3 Å². The molecule has 0 saturated carbocycles.